The third kappa shape index (κ3) is 6.67. The molecule has 5 nitrogen and oxygen atoms in total. The fourth-order valence-corrected chi connectivity index (χ4v) is 3.73. The second-order valence-corrected chi connectivity index (χ2v) is 13.2. The molecule has 0 amide bonds. The van der Waals surface area contributed by atoms with Gasteiger partial charge in [-0.3, -0.25) is 0 Å². The molecule has 1 rings (SSSR count). The molecule has 0 heterocycles. The minimum Gasteiger partial charge on any atom is -0.497 e. The summed E-state index contributed by atoms with van der Waals surface area (Å²) < 4.78 is 17.2. The standard InChI is InChI=1S/C20H36O5Si/c1-15(12-21)19(25-26(6,7)20(2,3)4)18(22)14-24-13-16-8-10-17(23-5)11-9-16/h8-11,15,18-19,21-22H,12-14H2,1-7H3/t15-,18+,19+/m1/s1. The van der Waals surface area contributed by atoms with E-state index in [1.165, 1.54) is 0 Å². The van der Waals surface area contributed by atoms with Gasteiger partial charge < -0.3 is 24.1 Å². The van der Waals surface area contributed by atoms with Crippen molar-refractivity contribution in [3.05, 3.63) is 29.8 Å². The van der Waals surface area contributed by atoms with Gasteiger partial charge in [-0.1, -0.05) is 39.8 Å². The van der Waals surface area contributed by atoms with Crippen LogP contribution in [0.4, 0.5) is 0 Å². The van der Waals surface area contributed by atoms with Crippen molar-refractivity contribution < 1.29 is 24.1 Å². The van der Waals surface area contributed by atoms with E-state index in [-0.39, 0.29) is 24.2 Å². The topological polar surface area (TPSA) is 68.2 Å². The van der Waals surface area contributed by atoms with Gasteiger partial charge >= 0.3 is 0 Å². The van der Waals surface area contributed by atoms with Gasteiger partial charge in [-0.05, 0) is 35.8 Å². The van der Waals surface area contributed by atoms with Crippen LogP contribution in [-0.2, 0) is 15.8 Å². The first-order chi connectivity index (χ1) is 12.0. The van der Waals surface area contributed by atoms with E-state index in [9.17, 15) is 10.2 Å². The van der Waals surface area contributed by atoms with Crippen LogP contribution in [0.3, 0.4) is 0 Å². The lowest BCUT2D eigenvalue weighted by Crippen LogP contribution is -2.50. The summed E-state index contributed by atoms with van der Waals surface area (Å²) in [5.41, 5.74) is 1.01. The monoisotopic (exact) mass is 384 g/mol. The fourth-order valence-electron chi connectivity index (χ4n) is 2.31. The van der Waals surface area contributed by atoms with Crippen molar-refractivity contribution in [1.29, 1.82) is 0 Å². The maximum Gasteiger partial charge on any atom is 0.192 e. The van der Waals surface area contributed by atoms with E-state index in [0.717, 1.165) is 11.3 Å². The Hall–Kier alpha value is -0.923. The van der Waals surface area contributed by atoms with Crippen molar-refractivity contribution in [1.82, 2.24) is 0 Å². The number of benzene rings is 1. The molecule has 0 saturated heterocycles. The SMILES string of the molecule is COc1ccc(COC[C@H](O)[C@@H](O[Si](C)(C)C(C)(C)C)[C@H](C)CO)cc1. The lowest BCUT2D eigenvalue weighted by molar-refractivity contribution is -0.0629. The number of hydrogen-bond acceptors (Lipinski definition) is 5. The van der Waals surface area contributed by atoms with E-state index >= 15 is 0 Å². The first-order valence-electron chi connectivity index (χ1n) is 9.19. The zero-order valence-electron chi connectivity index (χ0n) is 17.3. The van der Waals surface area contributed by atoms with Gasteiger partial charge in [0.25, 0.3) is 0 Å². The number of ether oxygens (including phenoxy) is 2. The zero-order valence-corrected chi connectivity index (χ0v) is 18.3. The molecule has 0 aliphatic carbocycles. The summed E-state index contributed by atoms with van der Waals surface area (Å²) in [6.07, 6.45) is -1.23. The highest BCUT2D eigenvalue weighted by Gasteiger charge is 2.41. The highest BCUT2D eigenvalue weighted by Crippen LogP contribution is 2.38. The molecule has 3 atom stereocenters. The molecule has 0 spiro atoms. The quantitative estimate of drug-likeness (QED) is 0.603. The maximum absolute atomic E-state index is 10.6. The Bertz CT molecular complexity index is 524. The van der Waals surface area contributed by atoms with Gasteiger partial charge in [0.1, 0.15) is 11.9 Å². The minimum absolute atomic E-state index is 0.0318. The van der Waals surface area contributed by atoms with Crippen LogP contribution in [0.25, 0.3) is 0 Å². The van der Waals surface area contributed by atoms with Crippen LogP contribution in [0.15, 0.2) is 24.3 Å². The van der Waals surface area contributed by atoms with Gasteiger partial charge in [0.05, 0.1) is 26.4 Å². The largest absolute Gasteiger partial charge is 0.497 e. The molecule has 0 fully saturated rings. The summed E-state index contributed by atoms with van der Waals surface area (Å²) in [5.74, 6) is 0.636. The normalized spacial score (nSPS) is 16.2. The number of aliphatic hydroxyl groups excluding tert-OH is 2. The van der Waals surface area contributed by atoms with Crippen molar-refractivity contribution in [3.8, 4) is 5.75 Å². The lowest BCUT2D eigenvalue weighted by atomic mass is 10.0. The summed E-state index contributed by atoms with van der Waals surface area (Å²) in [5, 5.41) is 20.3. The van der Waals surface area contributed by atoms with Crippen molar-refractivity contribution in [3.63, 3.8) is 0 Å². The lowest BCUT2D eigenvalue weighted by Gasteiger charge is -2.42. The number of aliphatic hydroxyl groups is 2. The average Bonchev–Trinajstić information content (AvgIpc) is 2.58. The Morgan fingerprint density at radius 2 is 1.69 bits per heavy atom. The minimum atomic E-state index is -2.06. The molecule has 0 aliphatic rings. The van der Waals surface area contributed by atoms with Gasteiger partial charge in [0, 0.05) is 12.5 Å². The zero-order chi connectivity index (χ0) is 20.0. The molecule has 0 aliphatic heterocycles. The van der Waals surface area contributed by atoms with Crippen molar-refractivity contribution >= 4 is 8.32 Å². The average molecular weight is 385 g/mol. The first kappa shape index (κ1) is 23.1. The molecule has 0 radical (unpaired) electrons. The number of rotatable bonds is 10. The molecule has 0 saturated carbocycles. The van der Waals surface area contributed by atoms with Crippen LogP contribution in [0.1, 0.15) is 33.3 Å². The van der Waals surface area contributed by atoms with E-state index in [4.69, 9.17) is 13.9 Å². The number of hydrogen-bond donors (Lipinski definition) is 2. The molecule has 0 aromatic heterocycles. The van der Waals surface area contributed by atoms with Gasteiger partial charge in [-0.25, -0.2) is 0 Å². The molecule has 6 heteroatoms. The Morgan fingerprint density at radius 1 is 1.12 bits per heavy atom. The highest BCUT2D eigenvalue weighted by molar-refractivity contribution is 6.74. The smallest absolute Gasteiger partial charge is 0.192 e. The molecule has 1 aromatic carbocycles. The van der Waals surface area contributed by atoms with E-state index < -0.39 is 20.5 Å². The van der Waals surface area contributed by atoms with Gasteiger partial charge in [0.2, 0.25) is 0 Å². The van der Waals surface area contributed by atoms with Gasteiger partial charge in [-0.2, -0.15) is 0 Å². The predicted molar refractivity (Wildman–Crippen MR) is 107 cm³/mol. The third-order valence-electron chi connectivity index (χ3n) is 5.18. The first-order valence-corrected chi connectivity index (χ1v) is 12.1. The van der Waals surface area contributed by atoms with Gasteiger partial charge in [-0.15, -0.1) is 0 Å². The maximum atomic E-state index is 10.6. The van der Waals surface area contributed by atoms with Crippen molar-refractivity contribution in [2.45, 2.75) is 64.6 Å². The summed E-state index contributed by atoms with van der Waals surface area (Å²) in [6.45, 7) is 13.2. The van der Waals surface area contributed by atoms with E-state index in [0.29, 0.717) is 6.61 Å². The second-order valence-electron chi connectivity index (χ2n) is 8.43. The summed E-state index contributed by atoms with van der Waals surface area (Å²) in [4.78, 5) is 0. The van der Waals surface area contributed by atoms with Crippen LogP contribution >= 0.6 is 0 Å². The van der Waals surface area contributed by atoms with Gasteiger partial charge in [0.15, 0.2) is 8.32 Å². The Labute approximate surface area is 159 Å². The van der Waals surface area contributed by atoms with Crippen LogP contribution in [0, 0.1) is 5.92 Å². The van der Waals surface area contributed by atoms with Crippen LogP contribution in [-0.4, -0.2) is 51.1 Å². The van der Waals surface area contributed by atoms with E-state index in [2.05, 4.69) is 33.9 Å². The Kier molecular flexibility index (Phi) is 8.76. The Morgan fingerprint density at radius 3 is 2.15 bits per heavy atom. The highest BCUT2D eigenvalue weighted by atomic mass is 28.4. The molecule has 2 N–H and O–H groups in total. The Balaban J connectivity index is 2.66. The molecule has 0 unspecified atom stereocenters. The van der Waals surface area contributed by atoms with Crippen molar-refractivity contribution in [2.24, 2.45) is 5.92 Å². The second kappa shape index (κ2) is 9.85. The van der Waals surface area contributed by atoms with E-state index in [1.54, 1.807) is 7.11 Å². The summed E-state index contributed by atoms with van der Waals surface area (Å²) >= 11 is 0. The third-order valence-corrected chi connectivity index (χ3v) is 9.66. The molecule has 0 bridgehead atoms. The molecular formula is C20H36O5Si. The molecule has 1 aromatic rings. The van der Waals surface area contributed by atoms with Crippen LogP contribution < -0.4 is 4.74 Å². The van der Waals surface area contributed by atoms with E-state index in [1.807, 2.05) is 31.2 Å². The predicted octanol–water partition coefficient (Wildman–Crippen LogP) is 3.59. The summed E-state index contributed by atoms with van der Waals surface area (Å²) in [7, 11) is -0.432. The fraction of sp³-hybridized carbons (Fsp3) is 0.700. The van der Waals surface area contributed by atoms with Crippen LogP contribution in [0.2, 0.25) is 18.1 Å². The molecular weight excluding hydrogens is 348 g/mol. The van der Waals surface area contributed by atoms with Crippen LogP contribution in [0.5, 0.6) is 5.75 Å². The number of methoxy groups -OCH3 is 1. The van der Waals surface area contributed by atoms with Crippen molar-refractivity contribution in [2.75, 3.05) is 20.3 Å². The molecule has 26 heavy (non-hydrogen) atoms. The molecule has 150 valence electrons. The summed E-state index contributed by atoms with van der Waals surface area (Å²) in [6, 6.07) is 7.63.